The maximum absolute atomic E-state index is 14.0. The Hall–Kier alpha value is -3.78. The van der Waals surface area contributed by atoms with Gasteiger partial charge in [0.2, 0.25) is 0 Å². The number of aliphatic hydroxyl groups is 1. The molecule has 0 radical (unpaired) electrons. The van der Waals surface area contributed by atoms with Crippen LogP contribution < -0.4 is 4.90 Å². The molecule has 8 heteroatoms. The van der Waals surface area contributed by atoms with Gasteiger partial charge in [-0.15, -0.1) is 6.58 Å². The van der Waals surface area contributed by atoms with Crippen molar-refractivity contribution >= 4 is 29.0 Å². The van der Waals surface area contributed by atoms with Crippen molar-refractivity contribution in [3.8, 4) is 0 Å². The Balaban J connectivity index is 2.02. The average Bonchev–Trinajstić information content (AvgIpc) is 3.19. The van der Waals surface area contributed by atoms with Gasteiger partial charge in [-0.05, 0) is 36.8 Å². The second kappa shape index (κ2) is 8.63. The summed E-state index contributed by atoms with van der Waals surface area (Å²) in [4.78, 5) is 43.2. The number of nitrogens with zero attached hydrogens (tertiary/aromatic N) is 2. The van der Waals surface area contributed by atoms with Gasteiger partial charge in [0.25, 0.3) is 17.6 Å². The third-order valence-electron chi connectivity index (χ3n) is 5.97. The molecule has 1 spiro atoms. The lowest BCUT2D eigenvalue weighted by Gasteiger charge is -2.34. The lowest BCUT2D eigenvalue weighted by molar-refractivity contribution is -0.143. The van der Waals surface area contributed by atoms with Crippen LogP contribution in [0.25, 0.3) is 5.76 Å². The third-order valence-corrected chi connectivity index (χ3v) is 5.97. The van der Waals surface area contributed by atoms with E-state index in [0.717, 1.165) is 12.1 Å². The highest BCUT2D eigenvalue weighted by Gasteiger charge is 2.66. The first-order valence-corrected chi connectivity index (χ1v) is 10.5. The van der Waals surface area contributed by atoms with E-state index in [1.54, 1.807) is 30.3 Å². The number of likely N-dealkylation sites (tertiary alicyclic amines) is 1. The lowest BCUT2D eigenvalue weighted by atomic mass is 9.82. The predicted octanol–water partition coefficient (Wildman–Crippen LogP) is 2.97. The minimum absolute atomic E-state index is 0.0562. The number of para-hydroxylation sites is 1. The minimum atomic E-state index is -1.85. The Labute approximate surface area is 190 Å². The predicted molar refractivity (Wildman–Crippen MR) is 120 cm³/mol. The molecule has 2 heterocycles. The largest absolute Gasteiger partial charge is 0.507 e. The fraction of sp³-hybridized carbons (Fsp3) is 0.240. The van der Waals surface area contributed by atoms with Crippen molar-refractivity contribution in [3.63, 3.8) is 0 Å². The van der Waals surface area contributed by atoms with E-state index in [4.69, 9.17) is 4.74 Å². The zero-order chi connectivity index (χ0) is 23.8. The molecule has 0 aromatic heterocycles. The van der Waals surface area contributed by atoms with Crippen LogP contribution in [0.5, 0.6) is 0 Å². The van der Waals surface area contributed by atoms with Gasteiger partial charge in [0.1, 0.15) is 11.6 Å². The summed E-state index contributed by atoms with van der Waals surface area (Å²) in [5.41, 5.74) is -1.12. The maximum atomic E-state index is 14.0. The number of amides is 2. The number of carbonyl (C=O) groups excluding carboxylic acids is 3. The van der Waals surface area contributed by atoms with Crippen LogP contribution in [0.1, 0.15) is 17.5 Å². The number of methoxy groups -OCH3 is 1. The number of ether oxygens (including phenoxy) is 1. The number of ketones is 1. The molecule has 4 rings (SSSR count). The summed E-state index contributed by atoms with van der Waals surface area (Å²) in [6.45, 7) is 4.23. The molecular weight excluding hydrogens is 427 g/mol. The molecule has 0 saturated carbocycles. The second-order valence-corrected chi connectivity index (χ2v) is 7.79. The zero-order valence-electron chi connectivity index (χ0n) is 18.1. The van der Waals surface area contributed by atoms with Crippen LogP contribution in [0, 0.1) is 5.82 Å². The Bertz CT molecular complexity index is 1170. The third kappa shape index (κ3) is 3.25. The quantitative estimate of drug-likeness (QED) is 0.230. The standard InChI is InChI=1S/C25H23FN2O5/c1-3-13-27-19-8-5-4-7-18(19)25(24(27)32)20(21(29)16-9-11-17(26)12-10-16)22(30)23(31)28(25)14-6-15-33-2/h3-5,7-12,29H,1,6,13-15H2,2H3/b21-20+. The number of fused-ring (bicyclic) bond motifs is 2. The van der Waals surface area contributed by atoms with E-state index >= 15 is 0 Å². The fourth-order valence-electron chi connectivity index (χ4n) is 4.60. The van der Waals surface area contributed by atoms with Crippen LogP contribution in [-0.4, -0.2) is 54.4 Å². The molecule has 7 nitrogen and oxygen atoms in total. The maximum Gasteiger partial charge on any atom is 0.296 e. The van der Waals surface area contributed by atoms with Crippen LogP contribution in [0.15, 0.2) is 66.8 Å². The summed E-state index contributed by atoms with van der Waals surface area (Å²) in [7, 11) is 1.51. The van der Waals surface area contributed by atoms with Crippen molar-refractivity contribution < 1.29 is 28.6 Å². The number of hydrogen-bond donors (Lipinski definition) is 1. The average molecular weight is 450 g/mol. The number of aliphatic hydroxyl groups excluding tert-OH is 1. The van der Waals surface area contributed by atoms with Crippen LogP contribution in [0.2, 0.25) is 0 Å². The van der Waals surface area contributed by atoms with Crippen LogP contribution in [-0.2, 0) is 24.7 Å². The van der Waals surface area contributed by atoms with Gasteiger partial charge in [0, 0.05) is 37.9 Å². The van der Waals surface area contributed by atoms with Gasteiger partial charge in [-0.25, -0.2) is 4.39 Å². The highest BCUT2D eigenvalue weighted by atomic mass is 19.1. The summed E-state index contributed by atoms with van der Waals surface area (Å²) in [6.07, 6.45) is 1.92. The van der Waals surface area contributed by atoms with Crippen molar-refractivity contribution in [2.75, 3.05) is 31.7 Å². The smallest absolute Gasteiger partial charge is 0.296 e. The lowest BCUT2D eigenvalue weighted by Crippen LogP contribution is -2.52. The van der Waals surface area contributed by atoms with Crippen molar-refractivity contribution in [2.24, 2.45) is 0 Å². The first kappa shape index (κ1) is 22.4. The number of carbonyl (C=O) groups is 3. The van der Waals surface area contributed by atoms with Crippen LogP contribution >= 0.6 is 0 Å². The van der Waals surface area contributed by atoms with E-state index in [0.29, 0.717) is 24.3 Å². The van der Waals surface area contributed by atoms with Crippen molar-refractivity contribution in [1.82, 2.24) is 4.90 Å². The number of hydrogen-bond acceptors (Lipinski definition) is 5. The molecule has 170 valence electrons. The zero-order valence-corrected chi connectivity index (χ0v) is 18.1. The summed E-state index contributed by atoms with van der Waals surface area (Å²) in [5.74, 6) is -3.47. The molecule has 1 saturated heterocycles. The molecule has 33 heavy (non-hydrogen) atoms. The van der Waals surface area contributed by atoms with E-state index in [9.17, 15) is 23.9 Å². The van der Waals surface area contributed by atoms with Crippen LogP contribution in [0.4, 0.5) is 10.1 Å². The Kier molecular flexibility index (Phi) is 5.86. The fourth-order valence-corrected chi connectivity index (χ4v) is 4.60. The van der Waals surface area contributed by atoms with Gasteiger partial charge in [0.05, 0.1) is 11.3 Å². The van der Waals surface area contributed by atoms with Crippen molar-refractivity contribution in [1.29, 1.82) is 0 Å². The number of benzene rings is 2. The van der Waals surface area contributed by atoms with Crippen molar-refractivity contribution in [3.05, 3.63) is 83.7 Å². The van der Waals surface area contributed by atoms with E-state index in [1.807, 2.05) is 0 Å². The van der Waals surface area contributed by atoms with Gasteiger partial charge >= 0.3 is 0 Å². The van der Waals surface area contributed by atoms with E-state index in [2.05, 4.69) is 6.58 Å². The molecule has 2 aromatic carbocycles. The molecule has 1 fully saturated rings. The summed E-state index contributed by atoms with van der Waals surface area (Å²) in [5, 5.41) is 11.2. The molecule has 1 unspecified atom stereocenters. The summed E-state index contributed by atoms with van der Waals surface area (Å²) >= 11 is 0. The van der Waals surface area contributed by atoms with Gasteiger partial charge in [-0.1, -0.05) is 24.3 Å². The van der Waals surface area contributed by atoms with E-state index < -0.39 is 34.7 Å². The Morgan fingerprint density at radius 1 is 1.15 bits per heavy atom. The van der Waals surface area contributed by atoms with E-state index in [-0.39, 0.29) is 24.2 Å². The molecular formula is C25H23FN2O5. The minimum Gasteiger partial charge on any atom is -0.507 e. The Morgan fingerprint density at radius 3 is 2.52 bits per heavy atom. The molecule has 2 aliphatic heterocycles. The Morgan fingerprint density at radius 2 is 1.85 bits per heavy atom. The monoisotopic (exact) mass is 450 g/mol. The molecule has 2 aliphatic rings. The number of anilines is 1. The second-order valence-electron chi connectivity index (χ2n) is 7.79. The molecule has 2 amide bonds. The van der Waals surface area contributed by atoms with E-state index in [1.165, 1.54) is 29.0 Å². The summed E-state index contributed by atoms with van der Waals surface area (Å²) < 4.78 is 18.6. The molecule has 2 aromatic rings. The van der Waals surface area contributed by atoms with Gasteiger partial charge in [0.15, 0.2) is 5.54 Å². The summed E-state index contributed by atoms with van der Waals surface area (Å²) in [6, 6.07) is 11.7. The van der Waals surface area contributed by atoms with Crippen LogP contribution in [0.3, 0.4) is 0 Å². The highest BCUT2D eigenvalue weighted by molar-refractivity contribution is 6.50. The first-order chi connectivity index (χ1) is 15.9. The molecule has 0 aliphatic carbocycles. The molecule has 0 bridgehead atoms. The highest BCUT2D eigenvalue weighted by Crippen LogP contribution is 2.53. The topological polar surface area (TPSA) is 87.2 Å². The molecule has 1 N–H and O–H groups in total. The van der Waals surface area contributed by atoms with Gasteiger partial charge in [-0.2, -0.15) is 0 Å². The normalized spacial score (nSPS) is 21.2. The van der Waals surface area contributed by atoms with Crippen molar-refractivity contribution in [2.45, 2.75) is 12.0 Å². The number of Topliss-reactive ketones (excluding diaryl/α,β-unsaturated/α-hetero) is 1. The van der Waals surface area contributed by atoms with Gasteiger partial charge < -0.3 is 19.6 Å². The molecule has 1 atom stereocenters. The number of rotatable bonds is 7. The SMILES string of the molecule is C=CCN1C(=O)C2(/C(=C(/O)c3ccc(F)cc3)C(=O)C(=O)N2CCCOC)c2ccccc21. The first-order valence-electron chi connectivity index (χ1n) is 10.5. The van der Waals surface area contributed by atoms with Gasteiger partial charge in [-0.3, -0.25) is 14.4 Å². The number of halogens is 1.